The molecular weight excluding hydrogens is 373 g/mol. The van der Waals surface area contributed by atoms with Gasteiger partial charge in [0.2, 0.25) is 5.89 Å². The molecule has 0 saturated carbocycles. The number of pyridine rings is 1. The van der Waals surface area contributed by atoms with Gasteiger partial charge < -0.3 is 9.73 Å². The van der Waals surface area contributed by atoms with Crippen molar-refractivity contribution in [1.29, 1.82) is 0 Å². The highest BCUT2D eigenvalue weighted by molar-refractivity contribution is 6.36. The van der Waals surface area contributed by atoms with Crippen LogP contribution in [-0.4, -0.2) is 15.9 Å². The van der Waals surface area contributed by atoms with Crippen molar-refractivity contribution >= 4 is 45.9 Å². The molecule has 0 radical (unpaired) electrons. The molecule has 4 aromatic rings. The van der Waals surface area contributed by atoms with Crippen LogP contribution < -0.4 is 5.32 Å². The van der Waals surface area contributed by atoms with Crippen molar-refractivity contribution in [2.45, 2.75) is 0 Å². The van der Waals surface area contributed by atoms with Crippen molar-refractivity contribution in [2.75, 3.05) is 5.32 Å². The smallest absolute Gasteiger partial charge is 0.257 e. The van der Waals surface area contributed by atoms with E-state index in [1.54, 1.807) is 60.9 Å². The normalized spacial score (nSPS) is 10.8. The van der Waals surface area contributed by atoms with E-state index in [1.165, 1.54) is 0 Å². The van der Waals surface area contributed by atoms with Crippen LogP contribution in [0.3, 0.4) is 0 Å². The molecule has 0 saturated heterocycles. The van der Waals surface area contributed by atoms with Gasteiger partial charge >= 0.3 is 0 Å². The molecular formula is C19H11Cl2N3O2. The van der Waals surface area contributed by atoms with Crippen LogP contribution in [0.25, 0.3) is 22.6 Å². The predicted molar refractivity (Wildman–Crippen MR) is 102 cm³/mol. The van der Waals surface area contributed by atoms with Gasteiger partial charge in [-0.25, -0.2) is 4.98 Å². The number of benzene rings is 2. The Hall–Kier alpha value is -2.89. The van der Waals surface area contributed by atoms with Gasteiger partial charge in [0.1, 0.15) is 5.52 Å². The second-order valence-electron chi connectivity index (χ2n) is 5.49. The van der Waals surface area contributed by atoms with E-state index in [1.807, 2.05) is 0 Å². The fourth-order valence-electron chi connectivity index (χ4n) is 2.49. The van der Waals surface area contributed by atoms with Gasteiger partial charge in [0.05, 0.1) is 27.5 Å². The number of nitrogens with zero attached hydrogens (tertiary/aromatic N) is 2. The van der Waals surface area contributed by atoms with Crippen molar-refractivity contribution < 1.29 is 9.21 Å². The summed E-state index contributed by atoms with van der Waals surface area (Å²) in [6, 6.07) is 13.7. The molecule has 7 heteroatoms. The Balaban J connectivity index is 1.68. The van der Waals surface area contributed by atoms with E-state index < -0.39 is 0 Å². The molecule has 26 heavy (non-hydrogen) atoms. The number of hydrogen-bond acceptors (Lipinski definition) is 4. The Kier molecular flexibility index (Phi) is 4.32. The highest BCUT2D eigenvalue weighted by Crippen LogP contribution is 2.31. The third-order valence-corrected chi connectivity index (χ3v) is 4.43. The highest BCUT2D eigenvalue weighted by atomic mass is 35.5. The summed E-state index contributed by atoms with van der Waals surface area (Å²) in [4.78, 5) is 20.9. The molecule has 0 aliphatic rings. The molecule has 0 aliphatic heterocycles. The molecule has 4 rings (SSSR count). The summed E-state index contributed by atoms with van der Waals surface area (Å²) >= 11 is 12.3. The van der Waals surface area contributed by atoms with Crippen molar-refractivity contribution in [3.63, 3.8) is 0 Å². The average Bonchev–Trinajstić information content (AvgIpc) is 3.08. The van der Waals surface area contributed by atoms with Crippen molar-refractivity contribution in [1.82, 2.24) is 9.97 Å². The van der Waals surface area contributed by atoms with E-state index in [0.717, 1.165) is 0 Å². The minimum atomic E-state index is -0.351. The zero-order valence-corrected chi connectivity index (χ0v) is 14.8. The number of carbonyl (C=O) groups is 1. The maximum absolute atomic E-state index is 12.5. The van der Waals surface area contributed by atoms with Crippen LogP contribution in [0.4, 0.5) is 5.69 Å². The topological polar surface area (TPSA) is 68.0 Å². The Bertz CT molecular complexity index is 1090. The summed E-state index contributed by atoms with van der Waals surface area (Å²) in [6.07, 6.45) is 3.26. The van der Waals surface area contributed by atoms with Gasteiger partial charge in [-0.3, -0.25) is 9.78 Å². The molecule has 2 aromatic heterocycles. The molecule has 5 nitrogen and oxygen atoms in total. The van der Waals surface area contributed by atoms with Crippen LogP contribution in [0.1, 0.15) is 10.4 Å². The largest absolute Gasteiger partial charge is 0.436 e. The van der Waals surface area contributed by atoms with Gasteiger partial charge in [-0.1, -0.05) is 35.3 Å². The predicted octanol–water partition coefficient (Wildman–Crippen LogP) is 5.45. The van der Waals surface area contributed by atoms with Crippen LogP contribution in [0.15, 0.2) is 65.3 Å². The molecule has 1 N–H and O–H groups in total. The molecule has 0 atom stereocenters. The van der Waals surface area contributed by atoms with Crippen LogP contribution in [0.2, 0.25) is 10.0 Å². The van der Waals surface area contributed by atoms with Gasteiger partial charge in [0.15, 0.2) is 5.58 Å². The Morgan fingerprint density at radius 3 is 2.69 bits per heavy atom. The second-order valence-corrected chi connectivity index (χ2v) is 6.31. The SMILES string of the molecule is O=C(Nc1cc(-c2nc3cnccc3o2)ccc1Cl)c1ccccc1Cl. The molecule has 0 aliphatic carbocycles. The molecule has 2 heterocycles. The number of carbonyl (C=O) groups excluding carboxylic acids is 1. The summed E-state index contributed by atoms with van der Waals surface area (Å²) in [6.45, 7) is 0. The first-order valence-corrected chi connectivity index (χ1v) is 8.44. The van der Waals surface area contributed by atoms with Gasteiger partial charge in [-0.05, 0) is 30.3 Å². The fraction of sp³-hybridized carbons (Fsp3) is 0. The van der Waals surface area contributed by atoms with E-state index in [-0.39, 0.29) is 5.91 Å². The summed E-state index contributed by atoms with van der Waals surface area (Å²) in [5, 5.41) is 3.53. The number of aromatic nitrogens is 2. The lowest BCUT2D eigenvalue weighted by atomic mass is 10.1. The maximum Gasteiger partial charge on any atom is 0.257 e. The fourth-order valence-corrected chi connectivity index (χ4v) is 2.88. The number of anilines is 1. The molecule has 0 bridgehead atoms. The Morgan fingerprint density at radius 1 is 1.04 bits per heavy atom. The molecule has 0 fully saturated rings. The zero-order chi connectivity index (χ0) is 18.1. The van der Waals surface area contributed by atoms with E-state index in [4.69, 9.17) is 27.6 Å². The van der Waals surface area contributed by atoms with Crippen molar-refractivity contribution in [3.05, 3.63) is 76.5 Å². The first-order valence-electron chi connectivity index (χ1n) is 7.68. The molecule has 1 amide bonds. The first-order chi connectivity index (χ1) is 12.6. The van der Waals surface area contributed by atoms with E-state index in [0.29, 0.717) is 43.9 Å². The van der Waals surface area contributed by atoms with Gasteiger partial charge in [0, 0.05) is 17.8 Å². The standard InChI is InChI=1S/C19H11Cl2N3O2/c20-13-4-2-1-3-12(13)18(25)23-15-9-11(5-6-14(15)21)19-24-16-10-22-8-7-17(16)26-19/h1-10H,(H,23,25). The number of amides is 1. The van der Waals surface area contributed by atoms with Crippen molar-refractivity contribution in [2.24, 2.45) is 0 Å². The monoisotopic (exact) mass is 383 g/mol. The summed E-state index contributed by atoms with van der Waals surface area (Å²) < 4.78 is 5.73. The third-order valence-electron chi connectivity index (χ3n) is 3.77. The van der Waals surface area contributed by atoms with Gasteiger partial charge in [-0.15, -0.1) is 0 Å². The van der Waals surface area contributed by atoms with Crippen LogP contribution in [0.5, 0.6) is 0 Å². The van der Waals surface area contributed by atoms with Crippen LogP contribution >= 0.6 is 23.2 Å². The first kappa shape index (κ1) is 16.6. The Labute approximate surface area is 158 Å². The summed E-state index contributed by atoms with van der Waals surface area (Å²) in [7, 11) is 0. The maximum atomic E-state index is 12.5. The molecule has 128 valence electrons. The summed E-state index contributed by atoms with van der Waals surface area (Å²) in [5.41, 5.74) is 2.77. The number of oxazole rings is 1. The van der Waals surface area contributed by atoms with Crippen LogP contribution in [-0.2, 0) is 0 Å². The Morgan fingerprint density at radius 2 is 1.88 bits per heavy atom. The number of fused-ring (bicyclic) bond motifs is 1. The lowest BCUT2D eigenvalue weighted by Crippen LogP contribution is -2.12. The minimum absolute atomic E-state index is 0.351. The van der Waals surface area contributed by atoms with Gasteiger partial charge in [0.25, 0.3) is 5.91 Å². The van der Waals surface area contributed by atoms with E-state index >= 15 is 0 Å². The highest BCUT2D eigenvalue weighted by Gasteiger charge is 2.14. The average molecular weight is 384 g/mol. The number of rotatable bonds is 3. The van der Waals surface area contributed by atoms with Crippen LogP contribution in [0, 0.1) is 0 Å². The zero-order valence-electron chi connectivity index (χ0n) is 13.2. The second kappa shape index (κ2) is 6.78. The lowest BCUT2D eigenvalue weighted by molar-refractivity contribution is 0.102. The van der Waals surface area contributed by atoms with E-state index in [9.17, 15) is 4.79 Å². The number of nitrogens with one attached hydrogen (secondary N) is 1. The number of halogens is 2. The molecule has 0 spiro atoms. The quantitative estimate of drug-likeness (QED) is 0.510. The summed E-state index contributed by atoms with van der Waals surface area (Å²) in [5.74, 6) is 0.0642. The lowest BCUT2D eigenvalue weighted by Gasteiger charge is -2.09. The minimum Gasteiger partial charge on any atom is -0.436 e. The third kappa shape index (κ3) is 3.14. The molecule has 0 unspecified atom stereocenters. The number of hydrogen-bond donors (Lipinski definition) is 1. The van der Waals surface area contributed by atoms with Gasteiger partial charge in [-0.2, -0.15) is 0 Å². The molecule has 2 aromatic carbocycles. The van der Waals surface area contributed by atoms with Crippen molar-refractivity contribution in [3.8, 4) is 11.5 Å². The van der Waals surface area contributed by atoms with E-state index in [2.05, 4.69) is 15.3 Å².